The third kappa shape index (κ3) is 3.85. The molecule has 0 aliphatic carbocycles. The molecule has 0 aliphatic rings. The molecule has 0 unspecified atom stereocenters. The number of halogens is 1. The first kappa shape index (κ1) is 17.1. The molecule has 2 heterocycles. The number of aryl methyl sites for hydroxylation is 1. The highest BCUT2D eigenvalue weighted by atomic mass is 19.1. The Morgan fingerprint density at radius 3 is 2.84 bits per heavy atom. The molecule has 0 radical (unpaired) electrons. The summed E-state index contributed by atoms with van der Waals surface area (Å²) in [6.45, 7) is 2.62. The SMILES string of the molecule is COc1ccc([C@@H](C)NCc2cn(C)nc2-c2cccnc2)cc1F. The molecule has 1 aromatic carbocycles. The van der Waals surface area contributed by atoms with E-state index in [-0.39, 0.29) is 17.6 Å². The van der Waals surface area contributed by atoms with E-state index in [9.17, 15) is 4.39 Å². The minimum Gasteiger partial charge on any atom is -0.494 e. The number of hydrogen-bond donors (Lipinski definition) is 1. The van der Waals surface area contributed by atoms with E-state index in [0.717, 1.165) is 22.4 Å². The minimum atomic E-state index is -0.355. The Balaban J connectivity index is 1.75. The van der Waals surface area contributed by atoms with Crippen molar-refractivity contribution in [3.63, 3.8) is 0 Å². The first-order chi connectivity index (χ1) is 12.1. The van der Waals surface area contributed by atoms with E-state index in [1.807, 2.05) is 38.4 Å². The van der Waals surface area contributed by atoms with Gasteiger partial charge in [-0.2, -0.15) is 5.10 Å². The lowest BCUT2D eigenvalue weighted by atomic mass is 10.1. The van der Waals surface area contributed by atoms with Crippen LogP contribution in [0.25, 0.3) is 11.3 Å². The summed E-state index contributed by atoms with van der Waals surface area (Å²) in [6, 6.07) is 8.88. The van der Waals surface area contributed by atoms with E-state index in [2.05, 4.69) is 15.4 Å². The maximum absolute atomic E-state index is 13.9. The first-order valence-corrected chi connectivity index (χ1v) is 8.08. The highest BCUT2D eigenvalue weighted by molar-refractivity contribution is 5.61. The second-order valence-corrected chi connectivity index (χ2v) is 5.91. The lowest BCUT2D eigenvalue weighted by molar-refractivity contribution is 0.385. The van der Waals surface area contributed by atoms with Crippen molar-refractivity contribution in [3.05, 3.63) is 65.9 Å². The van der Waals surface area contributed by atoms with Gasteiger partial charge in [-0.05, 0) is 36.8 Å². The summed E-state index contributed by atoms with van der Waals surface area (Å²) in [5.41, 5.74) is 3.81. The largest absolute Gasteiger partial charge is 0.494 e. The lowest BCUT2D eigenvalue weighted by Crippen LogP contribution is -2.18. The van der Waals surface area contributed by atoms with Crippen molar-refractivity contribution in [2.24, 2.45) is 7.05 Å². The summed E-state index contributed by atoms with van der Waals surface area (Å²) >= 11 is 0. The Bertz CT molecular complexity index is 848. The summed E-state index contributed by atoms with van der Waals surface area (Å²) < 4.78 is 20.6. The molecular formula is C19H21FN4O. The highest BCUT2D eigenvalue weighted by Gasteiger charge is 2.13. The van der Waals surface area contributed by atoms with Crippen LogP contribution in [0.15, 0.2) is 48.9 Å². The van der Waals surface area contributed by atoms with Gasteiger partial charge in [-0.1, -0.05) is 6.07 Å². The van der Waals surface area contributed by atoms with Crippen LogP contribution in [0.1, 0.15) is 24.1 Å². The molecule has 0 saturated carbocycles. The van der Waals surface area contributed by atoms with Crippen LogP contribution < -0.4 is 10.1 Å². The smallest absolute Gasteiger partial charge is 0.165 e. The van der Waals surface area contributed by atoms with Crippen molar-refractivity contribution in [1.29, 1.82) is 0 Å². The molecule has 3 aromatic rings. The number of rotatable bonds is 6. The summed E-state index contributed by atoms with van der Waals surface area (Å²) in [5, 5.41) is 7.95. The summed E-state index contributed by atoms with van der Waals surface area (Å²) in [5.74, 6) is -0.104. The molecule has 0 fully saturated rings. The second-order valence-electron chi connectivity index (χ2n) is 5.91. The van der Waals surface area contributed by atoms with Crippen LogP contribution in [0.3, 0.4) is 0 Å². The van der Waals surface area contributed by atoms with Gasteiger partial charge in [0, 0.05) is 49.4 Å². The number of methoxy groups -OCH3 is 1. The number of hydrogen-bond acceptors (Lipinski definition) is 4. The Labute approximate surface area is 146 Å². The number of benzene rings is 1. The van der Waals surface area contributed by atoms with E-state index < -0.39 is 0 Å². The number of pyridine rings is 1. The van der Waals surface area contributed by atoms with Crippen LogP contribution in [-0.4, -0.2) is 21.9 Å². The van der Waals surface area contributed by atoms with Gasteiger partial charge in [0.25, 0.3) is 0 Å². The van der Waals surface area contributed by atoms with Gasteiger partial charge in [-0.25, -0.2) is 4.39 Å². The van der Waals surface area contributed by atoms with Gasteiger partial charge >= 0.3 is 0 Å². The minimum absolute atomic E-state index is 0.0117. The molecular weight excluding hydrogens is 319 g/mol. The van der Waals surface area contributed by atoms with Crippen LogP contribution in [0.2, 0.25) is 0 Å². The second kappa shape index (κ2) is 7.44. The molecule has 6 heteroatoms. The average molecular weight is 340 g/mol. The number of nitrogens with zero attached hydrogens (tertiary/aromatic N) is 3. The third-order valence-electron chi connectivity index (χ3n) is 4.11. The van der Waals surface area contributed by atoms with E-state index in [4.69, 9.17) is 4.74 Å². The summed E-state index contributed by atoms with van der Waals surface area (Å²) in [6.07, 6.45) is 5.52. The Hall–Kier alpha value is -2.73. The van der Waals surface area contributed by atoms with Crippen LogP contribution in [0.5, 0.6) is 5.75 Å². The van der Waals surface area contributed by atoms with E-state index in [1.54, 1.807) is 23.1 Å². The lowest BCUT2D eigenvalue weighted by Gasteiger charge is -2.15. The van der Waals surface area contributed by atoms with Crippen molar-refractivity contribution in [2.45, 2.75) is 19.5 Å². The molecule has 0 amide bonds. The number of aromatic nitrogens is 3. The normalized spacial score (nSPS) is 12.2. The van der Waals surface area contributed by atoms with Crippen molar-refractivity contribution in [1.82, 2.24) is 20.1 Å². The standard InChI is InChI=1S/C19H21FN4O/c1-13(14-6-7-18(25-3)17(20)9-14)22-11-16-12-24(2)23-19(16)15-5-4-8-21-10-15/h4-10,12-13,22H,11H2,1-3H3/t13-/m1/s1. The van der Waals surface area contributed by atoms with Crippen LogP contribution in [0, 0.1) is 5.82 Å². The Morgan fingerprint density at radius 2 is 2.16 bits per heavy atom. The fourth-order valence-corrected chi connectivity index (χ4v) is 2.75. The van der Waals surface area contributed by atoms with Gasteiger partial charge in [0.2, 0.25) is 0 Å². The molecule has 0 aliphatic heterocycles. The zero-order valence-electron chi connectivity index (χ0n) is 14.5. The Kier molecular flexibility index (Phi) is 5.09. The zero-order valence-corrected chi connectivity index (χ0v) is 14.5. The fraction of sp³-hybridized carbons (Fsp3) is 0.263. The van der Waals surface area contributed by atoms with E-state index in [1.165, 1.54) is 13.2 Å². The molecule has 1 atom stereocenters. The van der Waals surface area contributed by atoms with Crippen LogP contribution >= 0.6 is 0 Å². The highest BCUT2D eigenvalue weighted by Crippen LogP contribution is 2.24. The van der Waals surface area contributed by atoms with Gasteiger partial charge in [-0.3, -0.25) is 9.67 Å². The molecule has 25 heavy (non-hydrogen) atoms. The topological polar surface area (TPSA) is 52.0 Å². The van der Waals surface area contributed by atoms with Crippen molar-refractivity contribution in [2.75, 3.05) is 7.11 Å². The van der Waals surface area contributed by atoms with Gasteiger partial charge in [0.15, 0.2) is 11.6 Å². The van der Waals surface area contributed by atoms with Crippen molar-refractivity contribution in [3.8, 4) is 17.0 Å². The number of ether oxygens (including phenoxy) is 1. The molecule has 3 rings (SSSR count). The van der Waals surface area contributed by atoms with Gasteiger partial charge < -0.3 is 10.1 Å². The zero-order chi connectivity index (χ0) is 17.8. The molecule has 0 saturated heterocycles. The molecule has 0 spiro atoms. The predicted molar refractivity (Wildman–Crippen MR) is 94.6 cm³/mol. The molecule has 2 aromatic heterocycles. The van der Waals surface area contributed by atoms with Gasteiger partial charge in [-0.15, -0.1) is 0 Å². The fourth-order valence-electron chi connectivity index (χ4n) is 2.75. The van der Waals surface area contributed by atoms with Gasteiger partial charge in [0.05, 0.1) is 12.8 Å². The monoisotopic (exact) mass is 340 g/mol. The first-order valence-electron chi connectivity index (χ1n) is 8.08. The molecule has 5 nitrogen and oxygen atoms in total. The maximum Gasteiger partial charge on any atom is 0.165 e. The number of nitrogens with one attached hydrogen (secondary N) is 1. The Morgan fingerprint density at radius 1 is 1.32 bits per heavy atom. The molecule has 1 N–H and O–H groups in total. The van der Waals surface area contributed by atoms with Crippen LogP contribution in [0.4, 0.5) is 4.39 Å². The summed E-state index contributed by atoms with van der Waals surface area (Å²) in [7, 11) is 3.35. The van der Waals surface area contributed by atoms with E-state index in [0.29, 0.717) is 6.54 Å². The third-order valence-corrected chi connectivity index (χ3v) is 4.11. The predicted octanol–water partition coefficient (Wildman–Crippen LogP) is 3.48. The van der Waals surface area contributed by atoms with Crippen LogP contribution in [-0.2, 0) is 13.6 Å². The summed E-state index contributed by atoms with van der Waals surface area (Å²) in [4.78, 5) is 4.16. The molecule has 0 bridgehead atoms. The van der Waals surface area contributed by atoms with E-state index >= 15 is 0 Å². The van der Waals surface area contributed by atoms with Crippen molar-refractivity contribution < 1.29 is 9.13 Å². The molecule has 130 valence electrons. The average Bonchev–Trinajstić information content (AvgIpc) is 3.01. The van der Waals surface area contributed by atoms with Crippen molar-refractivity contribution >= 4 is 0 Å². The quantitative estimate of drug-likeness (QED) is 0.746. The van der Waals surface area contributed by atoms with Gasteiger partial charge in [0.1, 0.15) is 0 Å². The maximum atomic E-state index is 13.9.